The van der Waals surface area contributed by atoms with Crippen molar-refractivity contribution in [2.24, 2.45) is 0 Å². The average molecular weight is 254 g/mol. The van der Waals surface area contributed by atoms with E-state index in [1.165, 1.54) is 11.1 Å². The van der Waals surface area contributed by atoms with Crippen LogP contribution in [0.1, 0.15) is 22.8 Å². The fourth-order valence-corrected chi connectivity index (χ4v) is 1.94. The topological polar surface area (TPSA) is 56.7 Å². The molecule has 5 heteroatoms. The van der Waals surface area contributed by atoms with E-state index in [1.54, 1.807) is 10.9 Å². The van der Waals surface area contributed by atoms with Crippen LogP contribution in [0, 0.1) is 6.92 Å². The first kappa shape index (κ1) is 11.6. The first-order chi connectivity index (χ1) is 9.31. The van der Waals surface area contributed by atoms with Crippen LogP contribution in [0.2, 0.25) is 0 Å². The van der Waals surface area contributed by atoms with Crippen LogP contribution in [-0.2, 0) is 13.0 Å². The lowest BCUT2D eigenvalue weighted by Gasteiger charge is -2.00. The lowest BCUT2D eigenvalue weighted by Crippen LogP contribution is -2.00. The normalized spacial score (nSPS) is 10.8. The molecule has 3 aromatic rings. The summed E-state index contributed by atoms with van der Waals surface area (Å²) in [6.45, 7) is 2.59. The van der Waals surface area contributed by atoms with Gasteiger partial charge in [0.1, 0.15) is 6.54 Å². The number of aryl methyl sites for hydroxylation is 1. The van der Waals surface area contributed by atoms with Gasteiger partial charge in [-0.3, -0.25) is 4.68 Å². The number of rotatable bonds is 4. The Morgan fingerprint density at radius 1 is 1.21 bits per heavy atom. The zero-order valence-corrected chi connectivity index (χ0v) is 10.7. The third-order valence-electron chi connectivity index (χ3n) is 2.98. The summed E-state index contributed by atoms with van der Waals surface area (Å²) in [5.41, 5.74) is 2.45. The molecule has 0 unspecified atom stereocenters. The first-order valence-corrected chi connectivity index (χ1v) is 6.14. The number of hydrogen-bond donors (Lipinski definition) is 0. The summed E-state index contributed by atoms with van der Waals surface area (Å²) >= 11 is 0. The molecule has 19 heavy (non-hydrogen) atoms. The van der Waals surface area contributed by atoms with E-state index < -0.39 is 0 Å². The molecule has 0 bridgehead atoms. The maximum atomic E-state index is 5.23. The van der Waals surface area contributed by atoms with E-state index in [9.17, 15) is 0 Å². The number of hydrogen-bond acceptors (Lipinski definition) is 4. The Balaban J connectivity index is 1.73. The number of nitrogens with zero attached hydrogens (tertiary/aromatic N) is 4. The molecule has 0 saturated heterocycles. The summed E-state index contributed by atoms with van der Waals surface area (Å²) in [5.74, 6) is 1.28. The van der Waals surface area contributed by atoms with Crippen molar-refractivity contribution in [1.29, 1.82) is 0 Å². The van der Waals surface area contributed by atoms with Gasteiger partial charge in [0.15, 0.2) is 5.82 Å². The van der Waals surface area contributed by atoms with Crippen molar-refractivity contribution in [3.63, 3.8) is 0 Å². The zero-order chi connectivity index (χ0) is 13.1. The van der Waals surface area contributed by atoms with Crippen molar-refractivity contribution in [2.75, 3.05) is 0 Å². The smallest absolute Gasteiger partial charge is 0.248 e. The molecule has 0 aliphatic heterocycles. The summed E-state index contributed by atoms with van der Waals surface area (Å²) in [6.07, 6.45) is 4.28. The SMILES string of the molecule is Cc1ccccc1Cc1noc(Cn2cccn2)n1. The van der Waals surface area contributed by atoms with Gasteiger partial charge in [-0.1, -0.05) is 29.4 Å². The summed E-state index contributed by atoms with van der Waals surface area (Å²) in [5, 5.41) is 8.11. The highest BCUT2D eigenvalue weighted by Gasteiger charge is 2.08. The van der Waals surface area contributed by atoms with Crippen LogP contribution < -0.4 is 0 Å². The van der Waals surface area contributed by atoms with Crippen LogP contribution in [0.25, 0.3) is 0 Å². The summed E-state index contributed by atoms with van der Waals surface area (Å²) in [4.78, 5) is 4.38. The van der Waals surface area contributed by atoms with Crippen LogP contribution in [0.3, 0.4) is 0 Å². The van der Waals surface area contributed by atoms with Gasteiger partial charge in [-0.2, -0.15) is 10.1 Å². The Hall–Kier alpha value is -2.43. The second kappa shape index (κ2) is 5.06. The van der Waals surface area contributed by atoms with E-state index in [1.807, 2.05) is 24.4 Å². The molecule has 0 saturated carbocycles. The van der Waals surface area contributed by atoms with Gasteiger partial charge in [0.05, 0.1) is 0 Å². The quantitative estimate of drug-likeness (QED) is 0.716. The van der Waals surface area contributed by atoms with E-state index in [0.29, 0.717) is 24.7 Å². The van der Waals surface area contributed by atoms with Crippen molar-refractivity contribution in [1.82, 2.24) is 19.9 Å². The highest BCUT2D eigenvalue weighted by Crippen LogP contribution is 2.11. The van der Waals surface area contributed by atoms with Crippen LogP contribution in [0.5, 0.6) is 0 Å². The molecule has 0 N–H and O–H groups in total. The predicted octanol–water partition coefficient (Wildman–Crippen LogP) is 2.21. The minimum absolute atomic E-state index is 0.508. The lowest BCUT2D eigenvalue weighted by molar-refractivity contribution is 0.362. The van der Waals surface area contributed by atoms with Crippen molar-refractivity contribution in [3.8, 4) is 0 Å². The fourth-order valence-electron chi connectivity index (χ4n) is 1.94. The van der Waals surface area contributed by atoms with Gasteiger partial charge in [0.25, 0.3) is 0 Å². The Labute approximate surface area is 110 Å². The summed E-state index contributed by atoms with van der Waals surface area (Å²) < 4.78 is 6.98. The third kappa shape index (κ3) is 2.70. The Morgan fingerprint density at radius 3 is 2.89 bits per heavy atom. The number of aromatic nitrogens is 4. The maximum absolute atomic E-state index is 5.23. The zero-order valence-electron chi connectivity index (χ0n) is 10.7. The first-order valence-electron chi connectivity index (χ1n) is 6.14. The summed E-state index contributed by atoms with van der Waals surface area (Å²) in [6, 6.07) is 10.1. The molecule has 3 rings (SSSR count). The molecule has 0 aliphatic rings. The molecule has 0 spiro atoms. The van der Waals surface area contributed by atoms with Crippen molar-refractivity contribution >= 4 is 0 Å². The third-order valence-corrected chi connectivity index (χ3v) is 2.98. The Kier molecular flexibility index (Phi) is 3.10. The standard InChI is InChI=1S/C14H14N4O/c1-11-5-2-3-6-12(11)9-13-16-14(19-17-13)10-18-8-4-7-15-18/h2-8H,9-10H2,1H3. The Bertz CT molecular complexity index is 658. The molecule has 0 fully saturated rings. The van der Waals surface area contributed by atoms with Gasteiger partial charge in [0, 0.05) is 18.8 Å². The molecule has 1 aromatic carbocycles. The van der Waals surface area contributed by atoms with Crippen LogP contribution in [-0.4, -0.2) is 19.9 Å². The van der Waals surface area contributed by atoms with Crippen molar-refractivity contribution in [3.05, 3.63) is 65.6 Å². The second-order valence-corrected chi connectivity index (χ2v) is 4.41. The van der Waals surface area contributed by atoms with E-state index in [0.717, 1.165) is 0 Å². The van der Waals surface area contributed by atoms with Crippen molar-refractivity contribution in [2.45, 2.75) is 19.9 Å². The van der Waals surface area contributed by atoms with E-state index in [4.69, 9.17) is 4.52 Å². The molecular weight excluding hydrogens is 240 g/mol. The highest BCUT2D eigenvalue weighted by atomic mass is 16.5. The van der Waals surface area contributed by atoms with Gasteiger partial charge in [-0.25, -0.2) is 0 Å². The van der Waals surface area contributed by atoms with Crippen LogP contribution in [0.15, 0.2) is 47.2 Å². The van der Waals surface area contributed by atoms with Crippen LogP contribution in [0.4, 0.5) is 0 Å². The van der Waals surface area contributed by atoms with Gasteiger partial charge in [-0.05, 0) is 24.1 Å². The summed E-state index contributed by atoms with van der Waals surface area (Å²) in [7, 11) is 0. The molecule has 2 heterocycles. The van der Waals surface area contributed by atoms with E-state index in [-0.39, 0.29) is 0 Å². The van der Waals surface area contributed by atoms with Crippen molar-refractivity contribution < 1.29 is 4.52 Å². The average Bonchev–Trinajstić information content (AvgIpc) is 3.05. The largest absolute Gasteiger partial charge is 0.337 e. The highest BCUT2D eigenvalue weighted by molar-refractivity contribution is 5.27. The van der Waals surface area contributed by atoms with Gasteiger partial charge < -0.3 is 4.52 Å². The molecule has 0 aliphatic carbocycles. The molecule has 5 nitrogen and oxygen atoms in total. The molecule has 0 amide bonds. The minimum Gasteiger partial charge on any atom is -0.337 e. The van der Waals surface area contributed by atoms with Gasteiger partial charge in [0.2, 0.25) is 5.89 Å². The van der Waals surface area contributed by atoms with Gasteiger partial charge in [-0.15, -0.1) is 0 Å². The van der Waals surface area contributed by atoms with E-state index in [2.05, 4.69) is 34.3 Å². The van der Waals surface area contributed by atoms with Crippen LogP contribution >= 0.6 is 0 Å². The molecule has 96 valence electrons. The maximum Gasteiger partial charge on any atom is 0.248 e. The van der Waals surface area contributed by atoms with E-state index >= 15 is 0 Å². The fraction of sp³-hybridized carbons (Fsp3) is 0.214. The predicted molar refractivity (Wildman–Crippen MR) is 69.6 cm³/mol. The molecule has 2 aromatic heterocycles. The second-order valence-electron chi connectivity index (χ2n) is 4.41. The monoisotopic (exact) mass is 254 g/mol. The van der Waals surface area contributed by atoms with Gasteiger partial charge >= 0.3 is 0 Å². The number of benzene rings is 1. The minimum atomic E-state index is 0.508. The Morgan fingerprint density at radius 2 is 2.11 bits per heavy atom. The molecular formula is C14H14N4O. The molecule has 0 atom stereocenters. The molecule has 0 radical (unpaired) electrons. The lowest BCUT2D eigenvalue weighted by atomic mass is 10.1.